The topological polar surface area (TPSA) is 103 Å². The molecule has 2 aromatic rings. The third-order valence-electron chi connectivity index (χ3n) is 4.24. The van der Waals surface area contributed by atoms with Gasteiger partial charge < -0.3 is 9.84 Å². The van der Waals surface area contributed by atoms with Crippen LogP contribution in [0.1, 0.15) is 49.5 Å². The van der Waals surface area contributed by atoms with Crippen LogP contribution in [0.5, 0.6) is 5.88 Å². The molecule has 0 aliphatic carbocycles. The second-order valence-electron chi connectivity index (χ2n) is 6.11. The number of ether oxygens (including phenoxy) is 1. The number of unbranched alkanes of at least 4 members (excludes halogenated alkanes) is 1. The smallest absolute Gasteiger partial charge is 0.338 e. The summed E-state index contributed by atoms with van der Waals surface area (Å²) in [5, 5.41) is 10.3. The molecule has 0 saturated heterocycles. The van der Waals surface area contributed by atoms with E-state index >= 15 is 0 Å². The molecule has 0 spiro atoms. The first-order valence-corrected chi connectivity index (χ1v) is 9.32. The van der Waals surface area contributed by atoms with Crippen LogP contribution in [-0.2, 0) is 17.8 Å². The van der Waals surface area contributed by atoms with Gasteiger partial charge in [-0.15, -0.1) is 0 Å². The fourth-order valence-electron chi connectivity index (χ4n) is 2.60. The molecule has 0 amide bonds. The highest BCUT2D eigenvalue weighted by Crippen LogP contribution is 2.15. The van der Waals surface area contributed by atoms with Gasteiger partial charge in [-0.1, -0.05) is 13.3 Å². The molecule has 1 N–H and O–H groups in total. The van der Waals surface area contributed by atoms with Crippen LogP contribution in [0.15, 0.2) is 38.8 Å². The van der Waals surface area contributed by atoms with Gasteiger partial charge in [-0.2, -0.15) is 0 Å². The van der Waals surface area contributed by atoms with E-state index in [1.54, 1.807) is 38.1 Å². The Bertz CT molecular complexity index is 971. The maximum Gasteiger partial charge on any atom is 0.338 e. The molecule has 0 aliphatic heterocycles. The van der Waals surface area contributed by atoms with E-state index in [1.807, 2.05) is 6.92 Å². The lowest BCUT2D eigenvalue weighted by atomic mass is 10.2. The van der Waals surface area contributed by atoms with E-state index in [0.717, 1.165) is 22.0 Å². The lowest BCUT2D eigenvalue weighted by Gasteiger charge is -2.11. The number of carbonyl (C=O) groups excluding carboxylic acids is 1. The maximum atomic E-state index is 12.4. The second-order valence-corrected chi connectivity index (χ2v) is 6.11. The van der Waals surface area contributed by atoms with Crippen LogP contribution in [0.2, 0.25) is 0 Å². The maximum absolute atomic E-state index is 12.4. The monoisotopic (exact) mass is 387 g/mol. The molecule has 0 aliphatic rings. The number of aliphatic imine (C=N–C) groups is 1. The number of rotatable bonds is 8. The van der Waals surface area contributed by atoms with Crippen molar-refractivity contribution in [3.63, 3.8) is 0 Å². The Hall–Kier alpha value is -3.16. The molecule has 0 bridgehead atoms. The summed E-state index contributed by atoms with van der Waals surface area (Å²) >= 11 is 0. The van der Waals surface area contributed by atoms with E-state index in [-0.39, 0.29) is 18.7 Å². The van der Waals surface area contributed by atoms with E-state index in [2.05, 4.69) is 4.99 Å². The zero-order chi connectivity index (χ0) is 20.7. The fourth-order valence-corrected chi connectivity index (χ4v) is 2.60. The number of benzene rings is 1. The predicted molar refractivity (Wildman–Crippen MR) is 107 cm³/mol. The Kier molecular flexibility index (Phi) is 7.31. The molecule has 0 unspecified atom stereocenters. The van der Waals surface area contributed by atoms with Gasteiger partial charge in [0.05, 0.1) is 17.9 Å². The summed E-state index contributed by atoms with van der Waals surface area (Å²) in [4.78, 5) is 40.7. The Morgan fingerprint density at radius 1 is 1.11 bits per heavy atom. The van der Waals surface area contributed by atoms with Crippen molar-refractivity contribution in [2.75, 3.05) is 6.61 Å². The van der Waals surface area contributed by atoms with E-state index in [1.165, 1.54) is 6.21 Å². The Balaban J connectivity index is 2.28. The number of nitrogens with zero attached hydrogens (tertiary/aromatic N) is 3. The molecular formula is C20H25N3O5. The van der Waals surface area contributed by atoms with Gasteiger partial charge in [0.25, 0.3) is 5.56 Å². The van der Waals surface area contributed by atoms with Crippen molar-refractivity contribution in [1.82, 2.24) is 9.13 Å². The van der Waals surface area contributed by atoms with E-state index < -0.39 is 23.1 Å². The third-order valence-corrected chi connectivity index (χ3v) is 4.24. The van der Waals surface area contributed by atoms with Crippen LogP contribution in [0, 0.1) is 0 Å². The van der Waals surface area contributed by atoms with Gasteiger partial charge in [-0.25, -0.2) is 9.59 Å². The first-order chi connectivity index (χ1) is 13.4. The molecule has 1 aromatic carbocycles. The van der Waals surface area contributed by atoms with Gasteiger partial charge in [-0.3, -0.25) is 18.9 Å². The summed E-state index contributed by atoms with van der Waals surface area (Å²) in [6, 6.07) is 6.38. The van der Waals surface area contributed by atoms with Crippen molar-refractivity contribution in [2.24, 2.45) is 4.99 Å². The molecule has 8 nitrogen and oxygen atoms in total. The van der Waals surface area contributed by atoms with Crippen LogP contribution in [0.4, 0.5) is 5.69 Å². The van der Waals surface area contributed by atoms with Crippen LogP contribution >= 0.6 is 0 Å². The van der Waals surface area contributed by atoms with Gasteiger partial charge >= 0.3 is 11.7 Å². The van der Waals surface area contributed by atoms with Crippen LogP contribution in [-0.4, -0.2) is 33.0 Å². The molecule has 0 atom stereocenters. The lowest BCUT2D eigenvalue weighted by Crippen LogP contribution is -2.41. The Labute approximate surface area is 162 Å². The molecule has 0 radical (unpaired) electrons. The second kappa shape index (κ2) is 9.68. The Morgan fingerprint density at radius 2 is 1.75 bits per heavy atom. The quantitative estimate of drug-likeness (QED) is 0.426. The van der Waals surface area contributed by atoms with Gasteiger partial charge in [0.15, 0.2) is 0 Å². The van der Waals surface area contributed by atoms with Crippen molar-refractivity contribution in [1.29, 1.82) is 0 Å². The average molecular weight is 387 g/mol. The molecule has 150 valence electrons. The first-order valence-electron chi connectivity index (χ1n) is 9.32. The lowest BCUT2D eigenvalue weighted by molar-refractivity contribution is 0.0500. The molecule has 1 aromatic heterocycles. The van der Waals surface area contributed by atoms with E-state index in [0.29, 0.717) is 17.9 Å². The van der Waals surface area contributed by atoms with Crippen molar-refractivity contribution in [3.8, 4) is 5.88 Å². The zero-order valence-electron chi connectivity index (χ0n) is 16.3. The van der Waals surface area contributed by atoms with Crippen molar-refractivity contribution < 1.29 is 14.6 Å². The van der Waals surface area contributed by atoms with Gasteiger partial charge in [0, 0.05) is 19.3 Å². The summed E-state index contributed by atoms with van der Waals surface area (Å²) in [7, 11) is 0. The largest absolute Gasteiger partial charge is 0.494 e. The van der Waals surface area contributed by atoms with Crippen molar-refractivity contribution in [2.45, 2.75) is 46.7 Å². The first kappa shape index (κ1) is 21.1. The number of aromatic nitrogens is 2. The Morgan fingerprint density at radius 3 is 2.32 bits per heavy atom. The standard InChI is InChI=1S/C20H25N3O5/c1-4-7-12-28-19(26)14-8-10-15(11-9-14)21-13-16-17(24)22(5-2)20(27)23(6-3)18(16)25/h8-11,13,24H,4-7,12H2,1-3H3. The summed E-state index contributed by atoms with van der Waals surface area (Å²) in [5.74, 6) is -0.815. The predicted octanol–water partition coefficient (Wildman–Crippen LogP) is 2.46. The average Bonchev–Trinajstić information content (AvgIpc) is 2.69. The van der Waals surface area contributed by atoms with E-state index in [9.17, 15) is 19.5 Å². The number of aromatic hydroxyl groups is 1. The molecule has 1 heterocycles. The SMILES string of the molecule is CCCCOC(=O)c1ccc(N=Cc2c(O)n(CC)c(=O)n(CC)c2=O)cc1. The highest BCUT2D eigenvalue weighted by atomic mass is 16.5. The zero-order valence-corrected chi connectivity index (χ0v) is 16.3. The fraction of sp³-hybridized carbons (Fsp3) is 0.400. The number of esters is 1. The van der Waals surface area contributed by atoms with Gasteiger partial charge in [0.1, 0.15) is 5.56 Å². The van der Waals surface area contributed by atoms with E-state index in [4.69, 9.17) is 4.74 Å². The minimum atomic E-state index is -0.602. The van der Waals surface area contributed by atoms with Crippen molar-refractivity contribution >= 4 is 17.9 Å². The normalized spacial score (nSPS) is 11.1. The molecule has 28 heavy (non-hydrogen) atoms. The number of carbonyl (C=O) groups is 1. The summed E-state index contributed by atoms with van der Waals surface area (Å²) in [5.41, 5.74) is -0.330. The van der Waals surface area contributed by atoms with Gasteiger partial charge in [-0.05, 0) is 44.5 Å². The highest BCUT2D eigenvalue weighted by Gasteiger charge is 2.15. The van der Waals surface area contributed by atoms with Crippen molar-refractivity contribution in [3.05, 3.63) is 56.2 Å². The van der Waals surface area contributed by atoms with Crippen LogP contribution in [0.3, 0.4) is 0 Å². The number of hydrogen-bond acceptors (Lipinski definition) is 6. The third kappa shape index (κ3) is 4.57. The summed E-state index contributed by atoms with van der Waals surface area (Å²) < 4.78 is 7.30. The minimum Gasteiger partial charge on any atom is -0.494 e. The van der Waals surface area contributed by atoms with Crippen LogP contribution in [0.25, 0.3) is 0 Å². The molecular weight excluding hydrogens is 362 g/mol. The molecule has 8 heteroatoms. The molecule has 2 rings (SSSR count). The van der Waals surface area contributed by atoms with Gasteiger partial charge in [0.2, 0.25) is 5.88 Å². The molecule has 0 fully saturated rings. The molecule has 0 saturated carbocycles. The number of hydrogen-bond donors (Lipinski definition) is 1. The summed E-state index contributed by atoms with van der Waals surface area (Å²) in [6.45, 7) is 6.18. The van der Waals surface area contributed by atoms with Crippen LogP contribution < -0.4 is 11.2 Å². The summed E-state index contributed by atoms with van der Waals surface area (Å²) in [6.07, 6.45) is 2.98. The minimum absolute atomic E-state index is 0.0636. The highest BCUT2D eigenvalue weighted by molar-refractivity contribution is 5.90.